The number of benzene rings is 2. The normalized spacial score (nSPS) is 10.3. The highest BCUT2D eigenvalue weighted by atomic mass is 16.5. The molecule has 2 aromatic carbocycles. The molecule has 0 spiro atoms. The van der Waals surface area contributed by atoms with Gasteiger partial charge in [-0.1, -0.05) is 0 Å². The second-order valence-electron chi connectivity index (χ2n) is 4.85. The fraction of sp³-hybridized carbons (Fsp3) is 0.294. The standard InChI is InChI=1S/C17H18O6/c1-10(18)22-9-12-7-16(21-4)14-6-5-13(20-3)8-15(14)17(12)23-11(2)19/h5-8H,9H2,1-4H3. The van der Waals surface area contributed by atoms with Crippen LogP contribution in [0.2, 0.25) is 0 Å². The van der Waals surface area contributed by atoms with Gasteiger partial charge in [0.15, 0.2) is 0 Å². The minimum Gasteiger partial charge on any atom is -0.497 e. The van der Waals surface area contributed by atoms with E-state index in [1.54, 1.807) is 32.4 Å². The van der Waals surface area contributed by atoms with Crippen molar-refractivity contribution in [3.05, 3.63) is 29.8 Å². The summed E-state index contributed by atoms with van der Waals surface area (Å²) in [6, 6.07) is 7.03. The molecule has 23 heavy (non-hydrogen) atoms. The third kappa shape index (κ3) is 3.71. The summed E-state index contributed by atoms with van der Waals surface area (Å²) < 4.78 is 21.0. The van der Waals surface area contributed by atoms with Crippen molar-refractivity contribution >= 4 is 22.7 Å². The van der Waals surface area contributed by atoms with Crippen LogP contribution in [-0.2, 0) is 20.9 Å². The molecule has 0 amide bonds. The Labute approximate surface area is 133 Å². The predicted octanol–water partition coefficient (Wildman–Crippen LogP) is 2.85. The maximum absolute atomic E-state index is 11.5. The fourth-order valence-electron chi connectivity index (χ4n) is 2.25. The molecule has 2 rings (SSSR count). The van der Waals surface area contributed by atoms with Gasteiger partial charge in [0.05, 0.1) is 14.2 Å². The first-order valence-corrected chi connectivity index (χ1v) is 6.95. The minimum atomic E-state index is -0.469. The molecule has 0 heterocycles. The number of fused-ring (bicyclic) bond motifs is 1. The van der Waals surface area contributed by atoms with E-state index >= 15 is 0 Å². The molecule has 0 radical (unpaired) electrons. The highest BCUT2D eigenvalue weighted by Gasteiger charge is 2.17. The van der Waals surface area contributed by atoms with E-state index in [4.69, 9.17) is 18.9 Å². The summed E-state index contributed by atoms with van der Waals surface area (Å²) in [4.78, 5) is 22.6. The third-order valence-corrected chi connectivity index (χ3v) is 3.23. The maximum Gasteiger partial charge on any atom is 0.308 e. The number of carbonyl (C=O) groups is 2. The van der Waals surface area contributed by atoms with E-state index in [1.165, 1.54) is 13.8 Å². The molecule has 0 N–H and O–H groups in total. The Morgan fingerprint density at radius 1 is 0.957 bits per heavy atom. The SMILES string of the molecule is COc1ccc2c(OC)cc(COC(C)=O)c(OC(C)=O)c2c1. The lowest BCUT2D eigenvalue weighted by atomic mass is 10.0. The Bertz CT molecular complexity index is 750. The molecule has 6 nitrogen and oxygen atoms in total. The Kier molecular flexibility index (Phi) is 5.05. The van der Waals surface area contributed by atoms with E-state index in [2.05, 4.69) is 0 Å². The Morgan fingerprint density at radius 2 is 1.70 bits per heavy atom. The summed E-state index contributed by atoms with van der Waals surface area (Å²) in [7, 11) is 3.09. The van der Waals surface area contributed by atoms with Crippen LogP contribution in [0.25, 0.3) is 10.8 Å². The van der Waals surface area contributed by atoms with Crippen LogP contribution in [0.15, 0.2) is 24.3 Å². The first kappa shape index (κ1) is 16.6. The van der Waals surface area contributed by atoms with Crippen LogP contribution in [0.4, 0.5) is 0 Å². The van der Waals surface area contributed by atoms with E-state index in [9.17, 15) is 9.59 Å². The van der Waals surface area contributed by atoms with Crippen LogP contribution >= 0.6 is 0 Å². The Hall–Kier alpha value is -2.76. The van der Waals surface area contributed by atoms with Crippen molar-refractivity contribution in [3.8, 4) is 17.2 Å². The summed E-state index contributed by atoms with van der Waals surface area (Å²) in [6.45, 7) is 2.60. The van der Waals surface area contributed by atoms with Gasteiger partial charge in [-0.3, -0.25) is 9.59 Å². The van der Waals surface area contributed by atoms with Crippen molar-refractivity contribution in [2.24, 2.45) is 0 Å². The zero-order valence-corrected chi connectivity index (χ0v) is 13.5. The molecule has 0 saturated heterocycles. The number of esters is 2. The summed E-state index contributed by atoms with van der Waals surface area (Å²) in [5.74, 6) is 0.624. The first-order chi connectivity index (χ1) is 11.0. The zero-order chi connectivity index (χ0) is 17.0. The molecule has 0 fully saturated rings. The van der Waals surface area contributed by atoms with Gasteiger partial charge in [0, 0.05) is 30.2 Å². The average Bonchev–Trinajstić information content (AvgIpc) is 2.52. The summed E-state index contributed by atoms with van der Waals surface area (Å²) in [6.07, 6.45) is 0. The largest absolute Gasteiger partial charge is 0.497 e. The molecule has 122 valence electrons. The van der Waals surface area contributed by atoms with Crippen molar-refractivity contribution in [1.82, 2.24) is 0 Å². The van der Waals surface area contributed by atoms with Crippen LogP contribution < -0.4 is 14.2 Å². The maximum atomic E-state index is 11.5. The highest BCUT2D eigenvalue weighted by molar-refractivity contribution is 5.96. The summed E-state index contributed by atoms with van der Waals surface area (Å²) in [5, 5.41) is 1.40. The van der Waals surface area contributed by atoms with Gasteiger partial charge in [0.2, 0.25) is 0 Å². The Morgan fingerprint density at radius 3 is 2.26 bits per heavy atom. The summed E-state index contributed by atoms with van der Waals surface area (Å²) >= 11 is 0. The van der Waals surface area contributed by atoms with Gasteiger partial charge in [0.1, 0.15) is 23.9 Å². The molecule has 0 atom stereocenters. The lowest BCUT2D eigenvalue weighted by Crippen LogP contribution is -2.07. The van der Waals surface area contributed by atoms with Gasteiger partial charge >= 0.3 is 11.9 Å². The number of hydrogen-bond donors (Lipinski definition) is 0. The number of hydrogen-bond acceptors (Lipinski definition) is 6. The monoisotopic (exact) mass is 318 g/mol. The van der Waals surface area contributed by atoms with Gasteiger partial charge in [-0.25, -0.2) is 0 Å². The topological polar surface area (TPSA) is 71.1 Å². The predicted molar refractivity (Wildman–Crippen MR) is 83.8 cm³/mol. The second kappa shape index (κ2) is 7.00. The van der Waals surface area contributed by atoms with Gasteiger partial charge in [-0.15, -0.1) is 0 Å². The van der Waals surface area contributed by atoms with Crippen molar-refractivity contribution < 1.29 is 28.5 Å². The number of carbonyl (C=O) groups excluding carboxylic acids is 2. The van der Waals surface area contributed by atoms with E-state index in [-0.39, 0.29) is 6.61 Å². The van der Waals surface area contributed by atoms with E-state index in [1.807, 2.05) is 6.07 Å². The molecule has 0 aliphatic heterocycles. The molecule has 2 aromatic rings. The first-order valence-electron chi connectivity index (χ1n) is 6.95. The van der Waals surface area contributed by atoms with Crippen LogP contribution in [0.1, 0.15) is 19.4 Å². The quantitative estimate of drug-likeness (QED) is 0.623. The van der Waals surface area contributed by atoms with Gasteiger partial charge in [0.25, 0.3) is 0 Å². The number of methoxy groups -OCH3 is 2. The number of rotatable bonds is 5. The van der Waals surface area contributed by atoms with Crippen LogP contribution in [-0.4, -0.2) is 26.2 Å². The van der Waals surface area contributed by atoms with Crippen LogP contribution in [0.3, 0.4) is 0 Å². The van der Waals surface area contributed by atoms with Crippen molar-refractivity contribution in [2.45, 2.75) is 20.5 Å². The molecule has 0 bridgehead atoms. The molecule has 0 aliphatic rings. The molecule has 0 unspecified atom stereocenters. The number of ether oxygens (including phenoxy) is 4. The molecule has 0 aromatic heterocycles. The van der Waals surface area contributed by atoms with E-state index in [0.29, 0.717) is 28.2 Å². The fourth-order valence-corrected chi connectivity index (χ4v) is 2.25. The molecule has 6 heteroatoms. The van der Waals surface area contributed by atoms with E-state index < -0.39 is 11.9 Å². The Balaban J connectivity index is 2.70. The lowest BCUT2D eigenvalue weighted by Gasteiger charge is -2.16. The second-order valence-corrected chi connectivity index (χ2v) is 4.85. The van der Waals surface area contributed by atoms with Crippen molar-refractivity contribution in [2.75, 3.05) is 14.2 Å². The lowest BCUT2D eigenvalue weighted by molar-refractivity contribution is -0.142. The van der Waals surface area contributed by atoms with Crippen LogP contribution in [0, 0.1) is 0 Å². The van der Waals surface area contributed by atoms with Gasteiger partial charge < -0.3 is 18.9 Å². The molecule has 0 aliphatic carbocycles. The third-order valence-electron chi connectivity index (χ3n) is 3.23. The highest BCUT2D eigenvalue weighted by Crippen LogP contribution is 2.39. The smallest absolute Gasteiger partial charge is 0.308 e. The summed E-state index contributed by atoms with van der Waals surface area (Å²) in [5.41, 5.74) is 0.535. The average molecular weight is 318 g/mol. The zero-order valence-electron chi connectivity index (χ0n) is 13.5. The molecular formula is C17H18O6. The minimum absolute atomic E-state index is 0.0263. The van der Waals surface area contributed by atoms with Crippen molar-refractivity contribution in [3.63, 3.8) is 0 Å². The van der Waals surface area contributed by atoms with Gasteiger partial charge in [-0.05, 0) is 24.3 Å². The van der Waals surface area contributed by atoms with E-state index in [0.717, 1.165) is 5.39 Å². The van der Waals surface area contributed by atoms with Crippen molar-refractivity contribution in [1.29, 1.82) is 0 Å². The molecular weight excluding hydrogens is 300 g/mol. The molecule has 0 saturated carbocycles. The van der Waals surface area contributed by atoms with Gasteiger partial charge in [-0.2, -0.15) is 0 Å². The van der Waals surface area contributed by atoms with Crippen LogP contribution in [0.5, 0.6) is 17.2 Å².